The monoisotopic (exact) mass is 334 g/mol. The van der Waals surface area contributed by atoms with Crippen LogP contribution in [-0.4, -0.2) is 31.3 Å². The molecular weight excluding hydrogens is 312 g/mol. The SMILES string of the molecule is COc1cc(/C=C/C(=O)O)cc(OC)c1OC(=O)C1CCCCC1. The molecule has 2 rings (SSSR count). The number of benzene rings is 1. The largest absolute Gasteiger partial charge is 0.493 e. The number of aliphatic carboxylic acids is 1. The smallest absolute Gasteiger partial charge is 0.328 e. The lowest BCUT2D eigenvalue weighted by molar-refractivity contribution is -0.140. The van der Waals surface area contributed by atoms with Crippen molar-refractivity contribution in [1.82, 2.24) is 0 Å². The second-order valence-corrected chi connectivity index (χ2v) is 5.68. The molecule has 0 heterocycles. The predicted octanol–water partition coefficient (Wildman–Crippen LogP) is 3.29. The number of carbonyl (C=O) groups excluding carboxylic acids is 1. The summed E-state index contributed by atoms with van der Waals surface area (Å²) < 4.78 is 16.1. The fourth-order valence-corrected chi connectivity index (χ4v) is 2.79. The molecule has 0 unspecified atom stereocenters. The van der Waals surface area contributed by atoms with Gasteiger partial charge in [-0.25, -0.2) is 4.79 Å². The van der Waals surface area contributed by atoms with E-state index in [9.17, 15) is 9.59 Å². The molecule has 0 amide bonds. The van der Waals surface area contributed by atoms with E-state index < -0.39 is 5.97 Å². The molecule has 1 aromatic carbocycles. The molecule has 0 radical (unpaired) electrons. The van der Waals surface area contributed by atoms with Crippen LogP contribution in [0, 0.1) is 5.92 Å². The lowest BCUT2D eigenvalue weighted by atomic mass is 9.89. The van der Waals surface area contributed by atoms with E-state index in [4.69, 9.17) is 19.3 Å². The maximum absolute atomic E-state index is 12.4. The highest BCUT2D eigenvalue weighted by molar-refractivity contribution is 5.86. The molecule has 6 nitrogen and oxygen atoms in total. The van der Waals surface area contributed by atoms with Gasteiger partial charge in [-0.1, -0.05) is 19.3 Å². The Hall–Kier alpha value is -2.50. The molecular formula is C18H22O6. The van der Waals surface area contributed by atoms with Crippen LogP contribution in [0.2, 0.25) is 0 Å². The third kappa shape index (κ3) is 4.50. The van der Waals surface area contributed by atoms with Crippen LogP contribution >= 0.6 is 0 Å². The molecule has 0 aliphatic heterocycles. The van der Waals surface area contributed by atoms with Gasteiger partial charge in [0.05, 0.1) is 20.1 Å². The van der Waals surface area contributed by atoms with E-state index in [2.05, 4.69) is 0 Å². The molecule has 130 valence electrons. The molecule has 1 N–H and O–H groups in total. The Kier molecular flexibility index (Phi) is 6.23. The van der Waals surface area contributed by atoms with Gasteiger partial charge in [-0.05, 0) is 36.6 Å². The lowest BCUT2D eigenvalue weighted by Crippen LogP contribution is -2.23. The molecule has 24 heavy (non-hydrogen) atoms. The molecule has 0 saturated heterocycles. The summed E-state index contributed by atoms with van der Waals surface area (Å²) in [5, 5.41) is 8.73. The summed E-state index contributed by atoms with van der Waals surface area (Å²) in [7, 11) is 2.91. The molecule has 1 fully saturated rings. The molecule has 1 aliphatic carbocycles. The molecule has 0 atom stereocenters. The predicted molar refractivity (Wildman–Crippen MR) is 88.4 cm³/mol. The van der Waals surface area contributed by atoms with Crippen molar-refractivity contribution >= 4 is 18.0 Å². The summed E-state index contributed by atoms with van der Waals surface area (Å²) in [5.41, 5.74) is 0.573. The zero-order valence-electron chi connectivity index (χ0n) is 13.9. The Bertz CT molecular complexity index is 603. The van der Waals surface area contributed by atoms with Crippen LogP contribution in [0.4, 0.5) is 0 Å². The third-order valence-electron chi connectivity index (χ3n) is 4.04. The van der Waals surface area contributed by atoms with Gasteiger partial charge in [0.2, 0.25) is 5.75 Å². The van der Waals surface area contributed by atoms with Crippen LogP contribution < -0.4 is 14.2 Å². The second kappa shape index (κ2) is 8.38. The third-order valence-corrected chi connectivity index (χ3v) is 4.04. The second-order valence-electron chi connectivity index (χ2n) is 5.68. The molecule has 0 bridgehead atoms. The summed E-state index contributed by atoms with van der Waals surface area (Å²) in [6, 6.07) is 3.21. The van der Waals surface area contributed by atoms with Crippen molar-refractivity contribution in [2.45, 2.75) is 32.1 Å². The highest BCUT2D eigenvalue weighted by Gasteiger charge is 2.25. The molecule has 1 saturated carbocycles. The van der Waals surface area contributed by atoms with Crippen molar-refractivity contribution in [2.24, 2.45) is 5.92 Å². The van der Waals surface area contributed by atoms with E-state index in [1.54, 1.807) is 12.1 Å². The normalized spacial score (nSPS) is 15.2. The van der Waals surface area contributed by atoms with Crippen molar-refractivity contribution in [3.8, 4) is 17.2 Å². The Labute approximate surface area is 141 Å². The fraction of sp³-hybridized carbons (Fsp3) is 0.444. The summed E-state index contributed by atoms with van der Waals surface area (Å²) in [6.07, 6.45) is 7.33. The van der Waals surface area contributed by atoms with Gasteiger partial charge in [0.1, 0.15) is 0 Å². The maximum atomic E-state index is 12.4. The Morgan fingerprint density at radius 1 is 1.08 bits per heavy atom. The van der Waals surface area contributed by atoms with Gasteiger partial charge in [0.15, 0.2) is 11.5 Å². The highest BCUT2D eigenvalue weighted by Crippen LogP contribution is 2.40. The first-order valence-electron chi connectivity index (χ1n) is 7.94. The topological polar surface area (TPSA) is 82.1 Å². The highest BCUT2D eigenvalue weighted by atomic mass is 16.6. The van der Waals surface area contributed by atoms with Crippen LogP contribution in [-0.2, 0) is 9.59 Å². The van der Waals surface area contributed by atoms with Crippen molar-refractivity contribution in [1.29, 1.82) is 0 Å². The van der Waals surface area contributed by atoms with E-state index in [0.717, 1.165) is 38.2 Å². The number of carbonyl (C=O) groups is 2. The molecule has 6 heteroatoms. The number of methoxy groups -OCH3 is 2. The summed E-state index contributed by atoms with van der Waals surface area (Å²) >= 11 is 0. The number of carboxylic acid groups (broad SMARTS) is 1. The van der Waals surface area contributed by atoms with Crippen molar-refractivity contribution in [2.75, 3.05) is 14.2 Å². The summed E-state index contributed by atoms with van der Waals surface area (Å²) in [5.74, 6) is -0.559. The van der Waals surface area contributed by atoms with Crippen LogP contribution in [0.25, 0.3) is 6.08 Å². The van der Waals surface area contributed by atoms with Crippen LogP contribution in [0.1, 0.15) is 37.7 Å². The van der Waals surface area contributed by atoms with Crippen molar-refractivity contribution in [3.05, 3.63) is 23.8 Å². The van der Waals surface area contributed by atoms with Crippen LogP contribution in [0.3, 0.4) is 0 Å². The number of ether oxygens (including phenoxy) is 3. The quantitative estimate of drug-likeness (QED) is 0.488. The number of hydrogen-bond donors (Lipinski definition) is 1. The average Bonchev–Trinajstić information content (AvgIpc) is 2.61. The molecule has 0 spiro atoms. The average molecular weight is 334 g/mol. The lowest BCUT2D eigenvalue weighted by Gasteiger charge is -2.21. The van der Waals surface area contributed by atoms with Gasteiger partial charge in [0.25, 0.3) is 0 Å². The molecule has 1 aromatic rings. The van der Waals surface area contributed by atoms with Gasteiger partial charge in [0, 0.05) is 6.08 Å². The zero-order chi connectivity index (χ0) is 17.5. The minimum absolute atomic E-state index is 0.0975. The molecule has 0 aromatic heterocycles. The van der Waals surface area contributed by atoms with Crippen molar-refractivity contribution in [3.63, 3.8) is 0 Å². The fourth-order valence-electron chi connectivity index (χ4n) is 2.79. The minimum atomic E-state index is -1.05. The number of hydrogen-bond acceptors (Lipinski definition) is 5. The van der Waals surface area contributed by atoms with E-state index in [1.165, 1.54) is 20.3 Å². The van der Waals surface area contributed by atoms with Gasteiger partial charge in [-0.3, -0.25) is 4.79 Å². The van der Waals surface area contributed by atoms with Gasteiger partial charge in [-0.2, -0.15) is 0 Å². The van der Waals surface area contributed by atoms with Gasteiger partial charge in [-0.15, -0.1) is 0 Å². The van der Waals surface area contributed by atoms with E-state index in [0.29, 0.717) is 17.1 Å². The summed E-state index contributed by atoms with van der Waals surface area (Å²) in [4.78, 5) is 23.0. The Morgan fingerprint density at radius 3 is 2.17 bits per heavy atom. The van der Waals surface area contributed by atoms with Gasteiger partial charge >= 0.3 is 11.9 Å². The minimum Gasteiger partial charge on any atom is -0.493 e. The molecule has 1 aliphatic rings. The number of rotatable bonds is 6. The van der Waals surface area contributed by atoms with E-state index >= 15 is 0 Å². The Morgan fingerprint density at radius 2 is 1.67 bits per heavy atom. The maximum Gasteiger partial charge on any atom is 0.328 e. The van der Waals surface area contributed by atoms with Crippen LogP contribution in [0.15, 0.2) is 18.2 Å². The summed E-state index contributed by atoms with van der Waals surface area (Å²) in [6.45, 7) is 0. The van der Waals surface area contributed by atoms with E-state index in [1.807, 2.05) is 0 Å². The first-order chi connectivity index (χ1) is 11.5. The first kappa shape index (κ1) is 17.8. The van der Waals surface area contributed by atoms with Crippen molar-refractivity contribution < 1.29 is 28.9 Å². The zero-order valence-corrected chi connectivity index (χ0v) is 13.9. The number of esters is 1. The van der Waals surface area contributed by atoms with E-state index in [-0.39, 0.29) is 17.6 Å². The van der Waals surface area contributed by atoms with Crippen LogP contribution in [0.5, 0.6) is 17.2 Å². The standard InChI is InChI=1S/C18H22O6/c1-22-14-10-12(8-9-16(19)20)11-15(23-2)17(14)24-18(21)13-6-4-3-5-7-13/h8-11,13H,3-7H2,1-2H3,(H,19,20)/b9-8+. The number of carboxylic acids is 1. The first-order valence-corrected chi connectivity index (χ1v) is 7.94. The Balaban J connectivity index is 2.27. The van der Waals surface area contributed by atoms with Gasteiger partial charge < -0.3 is 19.3 Å².